The molecule has 0 spiro atoms. The van der Waals surface area contributed by atoms with Gasteiger partial charge in [0.1, 0.15) is 6.10 Å². The molecule has 138 valence electrons. The second-order valence-corrected chi connectivity index (χ2v) is 7.61. The number of esters is 2. The molecule has 2 aliphatic rings. The van der Waals surface area contributed by atoms with Gasteiger partial charge >= 0.3 is 11.9 Å². The molecule has 2 rings (SSSR count). The van der Waals surface area contributed by atoms with E-state index >= 15 is 0 Å². The molecule has 4 heteroatoms. The highest BCUT2D eigenvalue weighted by molar-refractivity contribution is 5.77. The lowest BCUT2D eigenvalue weighted by molar-refractivity contribution is -0.155. The third kappa shape index (κ3) is 7.23. The van der Waals surface area contributed by atoms with Gasteiger partial charge in [0, 0.05) is 0 Å². The van der Waals surface area contributed by atoms with Gasteiger partial charge in [-0.3, -0.25) is 9.59 Å². The molecule has 0 bridgehead atoms. The molecular weight excluding hydrogens is 304 g/mol. The van der Waals surface area contributed by atoms with Crippen LogP contribution in [-0.2, 0) is 19.1 Å². The topological polar surface area (TPSA) is 52.6 Å². The lowest BCUT2D eigenvalue weighted by Crippen LogP contribution is -2.26. The van der Waals surface area contributed by atoms with E-state index in [0.717, 1.165) is 19.3 Å². The first-order chi connectivity index (χ1) is 11.6. The second kappa shape index (κ2) is 10.7. The van der Waals surface area contributed by atoms with Crippen LogP contribution in [0, 0.1) is 11.8 Å². The van der Waals surface area contributed by atoms with E-state index in [1.807, 2.05) is 6.92 Å². The van der Waals surface area contributed by atoms with Crippen LogP contribution >= 0.6 is 0 Å². The van der Waals surface area contributed by atoms with Gasteiger partial charge in [-0.2, -0.15) is 0 Å². The first kappa shape index (κ1) is 19.3. The maximum Gasteiger partial charge on any atom is 0.306 e. The van der Waals surface area contributed by atoms with Crippen molar-refractivity contribution in [3.8, 4) is 0 Å². The molecule has 24 heavy (non-hydrogen) atoms. The normalized spacial score (nSPS) is 21.2. The van der Waals surface area contributed by atoms with E-state index < -0.39 is 0 Å². The summed E-state index contributed by atoms with van der Waals surface area (Å²) in [5.74, 6) is 0.670. The van der Waals surface area contributed by atoms with Gasteiger partial charge in [-0.15, -0.1) is 0 Å². The Kier molecular flexibility index (Phi) is 8.62. The minimum absolute atomic E-state index is 0.0277. The fraction of sp³-hybridized carbons (Fsp3) is 0.900. The molecule has 0 amide bonds. The number of ether oxygens (including phenoxy) is 2. The van der Waals surface area contributed by atoms with Gasteiger partial charge in [0.2, 0.25) is 0 Å². The second-order valence-electron chi connectivity index (χ2n) is 7.61. The van der Waals surface area contributed by atoms with Gasteiger partial charge < -0.3 is 9.47 Å². The molecule has 1 unspecified atom stereocenters. The lowest BCUT2D eigenvalue weighted by atomic mass is 9.86. The largest absolute Gasteiger partial charge is 0.466 e. The Morgan fingerprint density at radius 3 is 2.12 bits per heavy atom. The molecule has 0 radical (unpaired) electrons. The van der Waals surface area contributed by atoms with E-state index in [1.165, 1.54) is 51.4 Å². The van der Waals surface area contributed by atoms with Crippen LogP contribution in [0.4, 0.5) is 0 Å². The SMILES string of the molecule is CC(OC(=O)CCC(=O)OCCC1CCCCC1)C1CCCCC1. The summed E-state index contributed by atoms with van der Waals surface area (Å²) in [7, 11) is 0. The van der Waals surface area contributed by atoms with Crippen molar-refractivity contribution in [3.63, 3.8) is 0 Å². The molecular formula is C20H34O4. The molecule has 0 saturated heterocycles. The smallest absolute Gasteiger partial charge is 0.306 e. The Hall–Kier alpha value is -1.06. The molecule has 2 saturated carbocycles. The summed E-state index contributed by atoms with van der Waals surface area (Å²) < 4.78 is 10.8. The molecule has 0 aromatic carbocycles. The van der Waals surface area contributed by atoms with Crippen LogP contribution in [0.15, 0.2) is 0 Å². The summed E-state index contributed by atoms with van der Waals surface area (Å²) in [5, 5.41) is 0. The zero-order valence-electron chi connectivity index (χ0n) is 15.3. The van der Waals surface area contributed by atoms with Gasteiger partial charge in [-0.25, -0.2) is 0 Å². The van der Waals surface area contributed by atoms with Crippen molar-refractivity contribution < 1.29 is 19.1 Å². The number of rotatable bonds is 8. The first-order valence-corrected chi connectivity index (χ1v) is 10.00. The minimum atomic E-state index is -0.270. The fourth-order valence-corrected chi connectivity index (χ4v) is 4.06. The molecule has 0 aliphatic heterocycles. The van der Waals surface area contributed by atoms with Gasteiger partial charge in [0.25, 0.3) is 0 Å². The number of hydrogen-bond acceptors (Lipinski definition) is 4. The molecule has 2 aliphatic carbocycles. The summed E-state index contributed by atoms with van der Waals surface area (Å²) in [6.07, 6.45) is 13.8. The summed E-state index contributed by atoms with van der Waals surface area (Å²) in [4.78, 5) is 23.6. The average molecular weight is 338 g/mol. The first-order valence-electron chi connectivity index (χ1n) is 10.00. The van der Waals surface area contributed by atoms with Crippen LogP contribution in [0.1, 0.15) is 90.4 Å². The van der Waals surface area contributed by atoms with Crippen LogP contribution in [0.2, 0.25) is 0 Å². The Bertz CT molecular complexity index is 381. The summed E-state index contributed by atoms with van der Waals surface area (Å²) in [6.45, 7) is 2.48. The van der Waals surface area contributed by atoms with E-state index in [1.54, 1.807) is 0 Å². The predicted octanol–water partition coefficient (Wildman–Crippen LogP) is 4.79. The highest BCUT2D eigenvalue weighted by atomic mass is 16.5. The van der Waals surface area contributed by atoms with Crippen LogP contribution in [0.25, 0.3) is 0 Å². The maximum atomic E-state index is 11.9. The summed E-state index contributed by atoms with van der Waals surface area (Å²) in [5.41, 5.74) is 0. The highest BCUT2D eigenvalue weighted by Gasteiger charge is 2.23. The lowest BCUT2D eigenvalue weighted by Gasteiger charge is -2.27. The van der Waals surface area contributed by atoms with Crippen molar-refractivity contribution in [1.29, 1.82) is 0 Å². The Labute approximate surface area is 146 Å². The molecule has 1 atom stereocenters. The van der Waals surface area contributed by atoms with E-state index in [-0.39, 0.29) is 30.9 Å². The van der Waals surface area contributed by atoms with Crippen molar-refractivity contribution in [3.05, 3.63) is 0 Å². The van der Waals surface area contributed by atoms with Crippen LogP contribution in [0.5, 0.6) is 0 Å². The summed E-state index contributed by atoms with van der Waals surface area (Å²) in [6, 6.07) is 0. The Balaban J connectivity index is 1.52. The van der Waals surface area contributed by atoms with Gasteiger partial charge in [-0.1, -0.05) is 51.4 Å². The van der Waals surface area contributed by atoms with Crippen LogP contribution in [-0.4, -0.2) is 24.6 Å². The monoisotopic (exact) mass is 338 g/mol. The van der Waals surface area contributed by atoms with Gasteiger partial charge in [-0.05, 0) is 38.0 Å². The fourth-order valence-electron chi connectivity index (χ4n) is 4.06. The van der Waals surface area contributed by atoms with Gasteiger partial charge in [0.05, 0.1) is 19.4 Å². The molecule has 0 aromatic rings. The Morgan fingerprint density at radius 1 is 0.875 bits per heavy atom. The van der Waals surface area contributed by atoms with Crippen molar-refractivity contribution in [2.24, 2.45) is 11.8 Å². The number of carbonyl (C=O) groups excluding carboxylic acids is 2. The molecule has 0 aromatic heterocycles. The van der Waals surface area contributed by atoms with Crippen LogP contribution in [0.3, 0.4) is 0 Å². The standard InChI is InChI=1S/C20H34O4/c1-16(18-10-6-3-7-11-18)24-20(22)13-12-19(21)23-15-14-17-8-4-2-5-9-17/h16-18H,2-15H2,1H3. The average Bonchev–Trinajstić information content (AvgIpc) is 2.61. The highest BCUT2D eigenvalue weighted by Crippen LogP contribution is 2.28. The number of hydrogen-bond donors (Lipinski definition) is 0. The summed E-state index contributed by atoms with van der Waals surface area (Å²) >= 11 is 0. The van der Waals surface area contributed by atoms with Crippen LogP contribution < -0.4 is 0 Å². The minimum Gasteiger partial charge on any atom is -0.466 e. The molecule has 0 N–H and O–H groups in total. The maximum absolute atomic E-state index is 11.9. The van der Waals surface area contributed by atoms with E-state index in [2.05, 4.69) is 0 Å². The Morgan fingerprint density at radius 2 is 1.46 bits per heavy atom. The van der Waals surface area contributed by atoms with Crippen molar-refractivity contribution in [2.45, 2.75) is 96.5 Å². The third-order valence-corrected chi connectivity index (χ3v) is 5.68. The number of carbonyl (C=O) groups is 2. The predicted molar refractivity (Wildman–Crippen MR) is 93.5 cm³/mol. The molecule has 2 fully saturated rings. The quantitative estimate of drug-likeness (QED) is 0.597. The van der Waals surface area contributed by atoms with Crippen molar-refractivity contribution >= 4 is 11.9 Å². The van der Waals surface area contributed by atoms with E-state index in [9.17, 15) is 9.59 Å². The van der Waals surface area contributed by atoms with E-state index in [0.29, 0.717) is 18.4 Å². The third-order valence-electron chi connectivity index (χ3n) is 5.68. The molecule has 4 nitrogen and oxygen atoms in total. The van der Waals surface area contributed by atoms with E-state index in [4.69, 9.17) is 9.47 Å². The van der Waals surface area contributed by atoms with Crippen molar-refractivity contribution in [2.75, 3.05) is 6.61 Å². The zero-order valence-corrected chi connectivity index (χ0v) is 15.3. The molecule has 0 heterocycles. The zero-order chi connectivity index (χ0) is 17.2. The van der Waals surface area contributed by atoms with Gasteiger partial charge in [0.15, 0.2) is 0 Å². The van der Waals surface area contributed by atoms with Crippen molar-refractivity contribution in [1.82, 2.24) is 0 Å².